The Kier molecular flexibility index (Phi) is 9.33. The van der Waals surface area contributed by atoms with Gasteiger partial charge in [0, 0.05) is 11.1 Å². The van der Waals surface area contributed by atoms with Gasteiger partial charge < -0.3 is 14.2 Å². The first-order chi connectivity index (χ1) is 15.2. The first-order valence-electron chi connectivity index (χ1n) is 9.88. The minimum Gasteiger partial charge on any atom is -0.493 e. The molecule has 0 saturated heterocycles. The van der Waals surface area contributed by atoms with Crippen molar-refractivity contribution in [2.24, 2.45) is 0 Å². The molecule has 0 aliphatic carbocycles. The molecule has 32 heavy (non-hydrogen) atoms. The molecule has 0 saturated carbocycles. The molecule has 0 bridgehead atoms. The number of methoxy groups -OCH3 is 1. The number of nitrogens with one attached hydrogen (secondary N) is 2. The molecule has 2 N–H and O–H groups in total. The fourth-order valence-electron chi connectivity index (χ4n) is 2.55. The summed E-state index contributed by atoms with van der Waals surface area (Å²) in [5.74, 6) is -0.245. The second-order valence-electron chi connectivity index (χ2n) is 6.78. The van der Waals surface area contributed by atoms with Gasteiger partial charge in [-0.2, -0.15) is 13.2 Å². The van der Waals surface area contributed by atoms with Crippen LogP contribution in [-0.2, 0) is 11.3 Å². The van der Waals surface area contributed by atoms with Crippen molar-refractivity contribution < 1.29 is 37.0 Å². The third-order valence-corrected chi connectivity index (χ3v) is 4.22. The number of carbonyl (C=O) groups is 2. The zero-order valence-corrected chi connectivity index (χ0v) is 17.8. The standard InChI is InChI=1S/C22H25F3N2O5/c1-3-4-11-32-18-10-9-17(12-19(18)30-2)21(29)27-26-20(28)16-7-5-15(6-8-16)13-31-14-22(23,24)25/h5-10,12H,3-4,11,13-14H2,1-2H3,(H,26,28)(H,27,29). The van der Waals surface area contributed by atoms with Crippen molar-refractivity contribution in [2.45, 2.75) is 32.5 Å². The van der Waals surface area contributed by atoms with Crippen LogP contribution in [-0.4, -0.2) is 38.3 Å². The summed E-state index contributed by atoms with van der Waals surface area (Å²) in [5.41, 5.74) is 5.52. The van der Waals surface area contributed by atoms with E-state index < -0.39 is 24.6 Å². The molecule has 0 radical (unpaired) electrons. The van der Waals surface area contributed by atoms with Gasteiger partial charge in [0.25, 0.3) is 11.8 Å². The smallest absolute Gasteiger partial charge is 0.411 e. The molecule has 2 aromatic carbocycles. The van der Waals surface area contributed by atoms with Gasteiger partial charge in [-0.1, -0.05) is 25.5 Å². The number of rotatable bonds is 10. The molecule has 0 unspecified atom stereocenters. The molecule has 174 valence electrons. The molecule has 7 nitrogen and oxygen atoms in total. The topological polar surface area (TPSA) is 85.9 Å². The summed E-state index contributed by atoms with van der Waals surface area (Å²) < 4.78 is 51.7. The van der Waals surface area contributed by atoms with Crippen molar-refractivity contribution in [3.8, 4) is 11.5 Å². The van der Waals surface area contributed by atoms with Crippen LogP contribution < -0.4 is 20.3 Å². The summed E-state index contributed by atoms with van der Waals surface area (Å²) in [4.78, 5) is 24.6. The summed E-state index contributed by atoms with van der Waals surface area (Å²) in [6.45, 7) is 0.988. The Morgan fingerprint density at radius 3 is 2.16 bits per heavy atom. The molecule has 0 fully saturated rings. The van der Waals surface area contributed by atoms with Crippen LogP contribution >= 0.6 is 0 Å². The minimum atomic E-state index is -4.40. The third kappa shape index (κ3) is 8.10. The summed E-state index contributed by atoms with van der Waals surface area (Å²) >= 11 is 0. The van der Waals surface area contributed by atoms with E-state index in [1.54, 1.807) is 12.1 Å². The van der Waals surface area contributed by atoms with E-state index in [2.05, 4.69) is 15.6 Å². The van der Waals surface area contributed by atoms with E-state index in [1.807, 2.05) is 6.92 Å². The van der Waals surface area contributed by atoms with Gasteiger partial charge in [-0.15, -0.1) is 0 Å². The number of hydrazine groups is 1. The summed E-state index contributed by atoms with van der Waals surface area (Å²) in [5, 5.41) is 0. The molecule has 0 aromatic heterocycles. The van der Waals surface area contributed by atoms with Crippen molar-refractivity contribution in [3.05, 3.63) is 59.2 Å². The predicted molar refractivity (Wildman–Crippen MR) is 110 cm³/mol. The molecule has 2 aromatic rings. The van der Waals surface area contributed by atoms with E-state index in [9.17, 15) is 22.8 Å². The maximum absolute atomic E-state index is 12.3. The number of hydrogen-bond donors (Lipinski definition) is 2. The van der Waals surface area contributed by atoms with Crippen LogP contribution in [0, 0.1) is 0 Å². The maximum Gasteiger partial charge on any atom is 0.411 e. The highest BCUT2D eigenvalue weighted by atomic mass is 19.4. The van der Waals surface area contributed by atoms with Gasteiger partial charge in [0.1, 0.15) is 6.61 Å². The van der Waals surface area contributed by atoms with Crippen LogP contribution in [0.2, 0.25) is 0 Å². The lowest BCUT2D eigenvalue weighted by atomic mass is 10.1. The molecule has 2 amide bonds. The molecular weight excluding hydrogens is 429 g/mol. The fourth-order valence-corrected chi connectivity index (χ4v) is 2.55. The Bertz CT molecular complexity index is 901. The molecule has 0 heterocycles. The monoisotopic (exact) mass is 454 g/mol. The SMILES string of the molecule is CCCCOc1ccc(C(=O)NNC(=O)c2ccc(COCC(F)(F)F)cc2)cc1OC. The van der Waals surface area contributed by atoms with Crippen molar-refractivity contribution >= 4 is 11.8 Å². The average molecular weight is 454 g/mol. The van der Waals surface area contributed by atoms with Gasteiger partial charge >= 0.3 is 6.18 Å². The zero-order valence-electron chi connectivity index (χ0n) is 17.8. The van der Waals surface area contributed by atoms with Gasteiger partial charge in [-0.05, 0) is 42.3 Å². The van der Waals surface area contributed by atoms with Gasteiger partial charge in [0.2, 0.25) is 0 Å². The number of amides is 2. The highest BCUT2D eigenvalue weighted by Crippen LogP contribution is 2.28. The number of halogens is 3. The van der Waals surface area contributed by atoms with E-state index in [0.717, 1.165) is 12.8 Å². The normalized spacial score (nSPS) is 11.0. The number of benzene rings is 2. The molecule has 2 rings (SSSR count). The largest absolute Gasteiger partial charge is 0.493 e. The van der Waals surface area contributed by atoms with Crippen LogP contribution in [0.3, 0.4) is 0 Å². The average Bonchev–Trinajstić information content (AvgIpc) is 2.77. The van der Waals surface area contributed by atoms with E-state index in [4.69, 9.17) is 9.47 Å². The molecular formula is C22H25F3N2O5. The van der Waals surface area contributed by atoms with Crippen LogP contribution in [0.25, 0.3) is 0 Å². The van der Waals surface area contributed by atoms with E-state index in [0.29, 0.717) is 23.7 Å². The second-order valence-corrected chi connectivity index (χ2v) is 6.78. The quantitative estimate of drug-likeness (QED) is 0.418. The number of hydrogen-bond acceptors (Lipinski definition) is 5. The molecule has 0 aliphatic heterocycles. The predicted octanol–water partition coefficient (Wildman–Crippen LogP) is 4.03. The van der Waals surface area contributed by atoms with Gasteiger partial charge in [-0.25, -0.2) is 0 Å². The number of ether oxygens (including phenoxy) is 3. The Balaban J connectivity index is 1.88. The second kappa shape index (κ2) is 11.9. The van der Waals surface area contributed by atoms with Crippen molar-refractivity contribution in [1.29, 1.82) is 0 Å². The first-order valence-corrected chi connectivity index (χ1v) is 9.88. The van der Waals surface area contributed by atoms with Crippen LogP contribution in [0.15, 0.2) is 42.5 Å². The summed E-state index contributed by atoms with van der Waals surface area (Å²) in [6, 6.07) is 10.4. The first kappa shape index (κ1) is 25.0. The van der Waals surface area contributed by atoms with Gasteiger partial charge in [-0.3, -0.25) is 20.4 Å². The maximum atomic E-state index is 12.3. The molecule has 0 aliphatic rings. The Morgan fingerprint density at radius 1 is 0.938 bits per heavy atom. The number of unbranched alkanes of at least 4 members (excludes halogenated alkanes) is 1. The van der Waals surface area contributed by atoms with Crippen molar-refractivity contribution in [1.82, 2.24) is 10.9 Å². The van der Waals surface area contributed by atoms with Gasteiger partial charge in [0.05, 0.1) is 20.3 Å². The Labute approximate surface area is 183 Å². The summed E-state index contributed by atoms with van der Waals surface area (Å²) in [7, 11) is 1.46. The minimum absolute atomic E-state index is 0.210. The lowest BCUT2D eigenvalue weighted by Crippen LogP contribution is -2.41. The van der Waals surface area contributed by atoms with E-state index in [1.165, 1.54) is 37.4 Å². The Hall–Kier alpha value is -3.27. The van der Waals surface area contributed by atoms with Crippen LogP contribution in [0.4, 0.5) is 13.2 Å². The van der Waals surface area contributed by atoms with Crippen LogP contribution in [0.5, 0.6) is 11.5 Å². The van der Waals surface area contributed by atoms with Gasteiger partial charge in [0.15, 0.2) is 11.5 Å². The zero-order chi connectivity index (χ0) is 23.6. The lowest BCUT2D eigenvalue weighted by molar-refractivity contribution is -0.176. The number of alkyl halides is 3. The molecule has 10 heteroatoms. The Morgan fingerprint density at radius 2 is 1.56 bits per heavy atom. The third-order valence-electron chi connectivity index (χ3n) is 4.22. The van der Waals surface area contributed by atoms with Crippen LogP contribution in [0.1, 0.15) is 46.0 Å². The molecule has 0 atom stereocenters. The highest BCUT2D eigenvalue weighted by Gasteiger charge is 2.27. The van der Waals surface area contributed by atoms with Crippen molar-refractivity contribution in [3.63, 3.8) is 0 Å². The highest BCUT2D eigenvalue weighted by molar-refractivity contribution is 5.99. The number of carbonyl (C=O) groups excluding carboxylic acids is 2. The lowest BCUT2D eigenvalue weighted by Gasteiger charge is -2.12. The van der Waals surface area contributed by atoms with E-state index in [-0.39, 0.29) is 17.7 Å². The fraction of sp³-hybridized carbons (Fsp3) is 0.364. The summed E-state index contributed by atoms with van der Waals surface area (Å²) in [6.07, 6.45) is -2.53. The van der Waals surface area contributed by atoms with Crippen molar-refractivity contribution in [2.75, 3.05) is 20.3 Å². The molecule has 0 spiro atoms. The van der Waals surface area contributed by atoms with E-state index >= 15 is 0 Å².